The molecule has 23 heavy (non-hydrogen) atoms. The first kappa shape index (κ1) is 17.9. The average molecular weight is 395 g/mol. The highest BCUT2D eigenvalue weighted by molar-refractivity contribution is 9.10. The van der Waals surface area contributed by atoms with Crippen LogP contribution in [0, 0.1) is 11.3 Å². The first-order valence-electron chi connectivity index (χ1n) is 7.39. The minimum Gasteiger partial charge on any atom is -0.384 e. The first-order valence-corrected chi connectivity index (χ1v) is 9.24. The lowest BCUT2D eigenvalue weighted by Gasteiger charge is -2.18. The lowest BCUT2D eigenvalue weighted by atomic mass is 10.1. The van der Waals surface area contributed by atoms with Crippen LogP contribution in [0.3, 0.4) is 0 Å². The van der Waals surface area contributed by atoms with Gasteiger partial charge in [-0.15, -0.1) is 11.8 Å². The van der Waals surface area contributed by atoms with E-state index >= 15 is 0 Å². The number of unbranched alkanes of at least 4 members (excludes halogenated alkanes) is 1. The number of halogens is 1. The van der Waals surface area contributed by atoms with E-state index in [4.69, 9.17) is 11.0 Å². The van der Waals surface area contributed by atoms with Crippen molar-refractivity contribution in [2.45, 2.75) is 25.3 Å². The zero-order valence-electron chi connectivity index (χ0n) is 12.7. The van der Waals surface area contributed by atoms with Gasteiger partial charge in [0.2, 0.25) is 5.91 Å². The van der Waals surface area contributed by atoms with Gasteiger partial charge in [0.25, 0.3) is 0 Å². The number of nitriles is 1. The predicted molar refractivity (Wildman–Crippen MR) is 97.6 cm³/mol. The van der Waals surface area contributed by atoms with Gasteiger partial charge in [0, 0.05) is 17.2 Å². The molecule has 122 valence electrons. The Balaban J connectivity index is 1.69. The molecule has 0 saturated heterocycles. The molecule has 0 spiro atoms. The van der Waals surface area contributed by atoms with Crippen molar-refractivity contribution in [2.75, 3.05) is 17.7 Å². The van der Waals surface area contributed by atoms with Crippen molar-refractivity contribution in [3.05, 3.63) is 39.8 Å². The van der Waals surface area contributed by atoms with Gasteiger partial charge >= 0.3 is 0 Å². The highest BCUT2D eigenvalue weighted by Crippen LogP contribution is 2.20. The summed E-state index contributed by atoms with van der Waals surface area (Å²) < 4.78 is 0.887. The summed E-state index contributed by atoms with van der Waals surface area (Å²) in [5, 5.41) is 14.3. The summed E-state index contributed by atoms with van der Waals surface area (Å²) in [5.41, 5.74) is 7.39. The normalized spacial score (nSPS) is 14.6. The monoisotopic (exact) mass is 394 g/mol. The van der Waals surface area contributed by atoms with Crippen molar-refractivity contribution in [3.8, 4) is 6.07 Å². The van der Waals surface area contributed by atoms with Gasteiger partial charge in [0.15, 0.2) is 0 Å². The number of carbonyl (C=O) groups excluding carboxylic acids is 1. The molecule has 0 bridgehead atoms. The number of carbonyl (C=O) groups is 1. The third-order valence-electron chi connectivity index (χ3n) is 3.51. The molecule has 1 heterocycles. The standard InChI is InChI=1S/C16H19BrN4OS/c17-13-4-5-15(12(9-13)10-18)20-6-2-1-3-14(19)16(22)21-7-8-23-11-21/h4-5,7-9,14,20H,1-3,6,11,19H2. The number of nitrogens with one attached hydrogen (secondary N) is 1. The Labute approximate surface area is 149 Å². The molecule has 0 aliphatic carbocycles. The Hall–Kier alpha value is -1.49. The fourth-order valence-electron chi connectivity index (χ4n) is 2.23. The van der Waals surface area contributed by atoms with Gasteiger partial charge in [-0.2, -0.15) is 5.26 Å². The van der Waals surface area contributed by atoms with Crippen molar-refractivity contribution >= 4 is 39.3 Å². The first-order chi connectivity index (χ1) is 11.1. The van der Waals surface area contributed by atoms with E-state index in [0.29, 0.717) is 17.9 Å². The van der Waals surface area contributed by atoms with Gasteiger partial charge in [-0.05, 0) is 42.9 Å². The number of rotatable bonds is 7. The second-order valence-corrected chi connectivity index (χ2v) is 7.00. The molecule has 1 amide bonds. The Bertz CT molecular complexity index is 629. The minimum atomic E-state index is -0.444. The topological polar surface area (TPSA) is 82.1 Å². The van der Waals surface area contributed by atoms with Gasteiger partial charge in [-0.1, -0.05) is 15.9 Å². The van der Waals surface area contributed by atoms with Gasteiger partial charge < -0.3 is 16.0 Å². The van der Waals surface area contributed by atoms with Crippen LogP contribution >= 0.6 is 27.7 Å². The van der Waals surface area contributed by atoms with E-state index in [0.717, 1.165) is 29.5 Å². The Morgan fingerprint density at radius 2 is 2.35 bits per heavy atom. The Kier molecular flexibility index (Phi) is 6.96. The van der Waals surface area contributed by atoms with Gasteiger partial charge in [0.1, 0.15) is 6.07 Å². The van der Waals surface area contributed by atoms with Crippen LogP contribution in [0.2, 0.25) is 0 Å². The highest BCUT2D eigenvalue weighted by Gasteiger charge is 2.20. The van der Waals surface area contributed by atoms with Crippen molar-refractivity contribution in [1.82, 2.24) is 4.90 Å². The summed E-state index contributed by atoms with van der Waals surface area (Å²) in [6, 6.07) is 7.30. The van der Waals surface area contributed by atoms with Crippen molar-refractivity contribution in [2.24, 2.45) is 5.73 Å². The summed E-state index contributed by atoms with van der Waals surface area (Å²) in [4.78, 5) is 13.7. The maximum Gasteiger partial charge on any atom is 0.244 e. The van der Waals surface area contributed by atoms with Crippen LogP contribution in [-0.2, 0) is 4.79 Å². The van der Waals surface area contributed by atoms with Crippen LogP contribution < -0.4 is 11.1 Å². The number of benzene rings is 1. The van der Waals surface area contributed by atoms with Crippen LogP contribution in [0.25, 0.3) is 0 Å². The molecular weight excluding hydrogens is 376 g/mol. The molecule has 5 nitrogen and oxygen atoms in total. The molecular formula is C16H19BrN4OS. The smallest absolute Gasteiger partial charge is 0.244 e. The van der Waals surface area contributed by atoms with Crippen LogP contribution in [0.5, 0.6) is 0 Å². The Morgan fingerprint density at radius 3 is 3.04 bits per heavy atom. The molecule has 1 aliphatic rings. The molecule has 0 aromatic heterocycles. The van der Waals surface area contributed by atoms with Crippen LogP contribution in [-0.4, -0.2) is 29.3 Å². The summed E-state index contributed by atoms with van der Waals surface area (Å²) in [6.45, 7) is 0.747. The lowest BCUT2D eigenvalue weighted by molar-refractivity contribution is -0.129. The maximum atomic E-state index is 12.0. The molecule has 1 atom stereocenters. The number of thioether (sulfide) groups is 1. The fourth-order valence-corrected chi connectivity index (χ4v) is 3.29. The fraction of sp³-hybridized carbons (Fsp3) is 0.375. The van der Waals surface area contributed by atoms with Gasteiger partial charge in [-0.25, -0.2) is 0 Å². The van der Waals surface area contributed by atoms with Gasteiger partial charge in [0.05, 0.1) is 23.2 Å². The van der Waals surface area contributed by atoms with Crippen LogP contribution in [0.15, 0.2) is 34.3 Å². The number of amides is 1. The van der Waals surface area contributed by atoms with E-state index in [9.17, 15) is 4.79 Å². The molecule has 1 aromatic carbocycles. The van der Waals surface area contributed by atoms with E-state index < -0.39 is 6.04 Å². The average Bonchev–Trinajstić information content (AvgIpc) is 3.09. The number of hydrogen-bond donors (Lipinski definition) is 2. The quantitative estimate of drug-likeness (QED) is 0.693. The van der Waals surface area contributed by atoms with E-state index in [2.05, 4.69) is 27.3 Å². The molecule has 3 N–H and O–H groups in total. The van der Waals surface area contributed by atoms with Crippen LogP contribution in [0.4, 0.5) is 5.69 Å². The molecule has 0 saturated carbocycles. The molecule has 1 unspecified atom stereocenters. The van der Waals surface area contributed by atoms with Crippen LogP contribution in [0.1, 0.15) is 24.8 Å². The molecule has 1 aromatic rings. The van der Waals surface area contributed by atoms with Crippen molar-refractivity contribution in [3.63, 3.8) is 0 Å². The zero-order chi connectivity index (χ0) is 16.7. The lowest BCUT2D eigenvalue weighted by Crippen LogP contribution is -2.40. The molecule has 2 rings (SSSR count). The number of nitrogens with zero attached hydrogens (tertiary/aromatic N) is 2. The van der Waals surface area contributed by atoms with Crippen molar-refractivity contribution < 1.29 is 4.79 Å². The summed E-state index contributed by atoms with van der Waals surface area (Å²) in [6.07, 6.45) is 4.21. The molecule has 1 aliphatic heterocycles. The maximum absolute atomic E-state index is 12.0. The third-order valence-corrected chi connectivity index (χ3v) is 4.75. The zero-order valence-corrected chi connectivity index (χ0v) is 15.1. The highest BCUT2D eigenvalue weighted by atomic mass is 79.9. The summed E-state index contributed by atoms with van der Waals surface area (Å²) in [7, 11) is 0. The number of hydrogen-bond acceptors (Lipinski definition) is 5. The van der Waals surface area contributed by atoms with E-state index in [1.54, 1.807) is 28.9 Å². The largest absolute Gasteiger partial charge is 0.384 e. The second kappa shape index (κ2) is 8.96. The van der Waals surface area contributed by atoms with E-state index in [-0.39, 0.29) is 5.91 Å². The predicted octanol–water partition coefficient (Wildman–Crippen LogP) is 3.23. The molecule has 7 heteroatoms. The van der Waals surface area contributed by atoms with E-state index in [1.165, 1.54) is 0 Å². The Morgan fingerprint density at radius 1 is 1.52 bits per heavy atom. The summed E-state index contributed by atoms with van der Waals surface area (Å²) in [5.74, 6) is 0.646. The molecule has 0 radical (unpaired) electrons. The summed E-state index contributed by atoms with van der Waals surface area (Å²) >= 11 is 4.94. The number of nitrogens with two attached hydrogens (primary N) is 1. The SMILES string of the molecule is N#Cc1cc(Br)ccc1NCCCCC(N)C(=O)N1C=CSC1. The third kappa shape index (κ3) is 5.27. The van der Waals surface area contributed by atoms with Crippen molar-refractivity contribution in [1.29, 1.82) is 5.26 Å². The minimum absolute atomic E-state index is 0.0149. The second-order valence-electron chi connectivity index (χ2n) is 5.22. The van der Waals surface area contributed by atoms with E-state index in [1.807, 2.05) is 17.5 Å². The van der Waals surface area contributed by atoms with Gasteiger partial charge in [-0.3, -0.25) is 4.79 Å². The molecule has 0 fully saturated rings. The number of anilines is 1.